The van der Waals surface area contributed by atoms with Crippen LogP contribution in [0.3, 0.4) is 0 Å². The summed E-state index contributed by atoms with van der Waals surface area (Å²) in [5, 5.41) is 0. The van der Waals surface area contributed by atoms with Crippen molar-refractivity contribution in [2.75, 3.05) is 65.4 Å². The molecule has 0 aliphatic carbocycles. The molecule has 4 aliphatic rings. The molecule has 0 radical (unpaired) electrons. The van der Waals surface area contributed by atoms with Gasteiger partial charge in [-0.15, -0.1) is 0 Å². The molecule has 0 amide bonds. The van der Waals surface area contributed by atoms with Crippen LogP contribution in [0.25, 0.3) is 0 Å². The Bertz CT molecular complexity index is 391. The lowest BCUT2D eigenvalue weighted by molar-refractivity contribution is 0.0318. The maximum atomic E-state index is 2.91. The van der Waals surface area contributed by atoms with Gasteiger partial charge in [-0.25, -0.2) is 0 Å². The molecule has 0 N–H and O–H groups in total. The second-order valence-electron chi connectivity index (χ2n) is 9.34. The van der Waals surface area contributed by atoms with E-state index < -0.39 is 0 Å². The van der Waals surface area contributed by atoms with E-state index in [0.717, 1.165) is 12.1 Å². The smallest absolute Gasteiger partial charge is 0.0391 e. The van der Waals surface area contributed by atoms with Crippen molar-refractivity contribution in [1.82, 2.24) is 19.6 Å². The van der Waals surface area contributed by atoms with Gasteiger partial charge in [-0.3, -0.25) is 9.80 Å². The van der Waals surface area contributed by atoms with Crippen LogP contribution < -0.4 is 0 Å². The molecule has 0 saturated carbocycles. The molecule has 0 aromatic carbocycles. The lowest BCUT2D eigenvalue weighted by Crippen LogP contribution is -2.60. The standard InChI is InChI=1S/C22H42N4/c1-3-11-23(12-4-1)19-21(25-15-5-2-6-16-25)22(26-17-9-10-18-26)20-24-13-7-8-14-24/h21-22H,1-20H2. The van der Waals surface area contributed by atoms with E-state index in [1.165, 1.54) is 130 Å². The van der Waals surface area contributed by atoms with Crippen molar-refractivity contribution in [2.45, 2.75) is 76.3 Å². The summed E-state index contributed by atoms with van der Waals surface area (Å²) in [4.78, 5) is 11.4. The maximum Gasteiger partial charge on any atom is 0.0391 e. The van der Waals surface area contributed by atoms with Crippen LogP contribution in [0.5, 0.6) is 0 Å². The SMILES string of the molecule is C1CCN(CC(C(CN2CCCC2)N2CCCC2)N2CCCCC2)CC1. The van der Waals surface area contributed by atoms with Crippen LogP contribution in [-0.2, 0) is 0 Å². The Morgan fingerprint density at radius 2 is 0.692 bits per heavy atom. The Labute approximate surface area is 161 Å². The van der Waals surface area contributed by atoms with E-state index >= 15 is 0 Å². The Morgan fingerprint density at radius 3 is 1.12 bits per heavy atom. The molecule has 2 unspecified atom stereocenters. The number of likely N-dealkylation sites (tertiary alicyclic amines) is 4. The quantitative estimate of drug-likeness (QED) is 0.690. The first-order chi connectivity index (χ1) is 12.9. The summed E-state index contributed by atoms with van der Waals surface area (Å²) in [6.07, 6.45) is 14.3. The predicted molar refractivity (Wildman–Crippen MR) is 110 cm³/mol. The minimum atomic E-state index is 0.757. The fraction of sp³-hybridized carbons (Fsp3) is 1.00. The second-order valence-corrected chi connectivity index (χ2v) is 9.34. The van der Waals surface area contributed by atoms with E-state index in [1.807, 2.05) is 0 Å². The Kier molecular flexibility index (Phi) is 7.27. The molecule has 26 heavy (non-hydrogen) atoms. The zero-order valence-electron chi connectivity index (χ0n) is 17.1. The Balaban J connectivity index is 1.49. The lowest BCUT2D eigenvalue weighted by atomic mass is 9.98. The second kappa shape index (κ2) is 9.86. The van der Waals surface area contributed by atoms with Gasteiger partial charge in [0, 0.05) is 25.2 Å². The molecule has 0 bridgehead atoms. The molecular weight excluding hydrogens is 320 g/mol. The van der Waals surface area contributed by atoms with E-state index in [-0.39, 0.29) is 0 Å². The third-order valence-electron chi connectivity index (χ3n) is 7.45. The summed E-state index contributed by atoms with van der Waals surface area (Å²) in [6.45, 7) is 13.4. The van der Waals surface area contributed by atoms with Crippen LogP contribution >= 0.6 is 0 Å². The highest BCUT2D eigenvalue weighted by Gasteiger charge is 2.36. The number of rotatable bonds is 7. The largest absolute Gasteiger partial charge is 0.302 e. The maximum absolute atomic E-state index is 2.91. The summed E-state index contributed by atoms with van der Waals surface area (Å²) in [5.74, 6) is 0. The van der Waals surface area contributed by atoms with Crippen molar-refractivity contribution < 1.29 is 0 Å². The number of hydrogen-bond acceptors (Lipinski definition) is 4. The van der Waals surface area contributed by atoms with Crippen molar-refractivity contribution in [2.24, 2.45) is 0 Å². The number of hydrogen-bond donors (Lipinski definition) is 0. The van der Waals surface area contributed by atoms with Gasteiger partial charge in [0.2, 0.25) is 0 Å². The van der Waals surface area contributed by atoms with E-state index in [9.17, 15) is 0 Å². The van der Waals surface area contributed by atoms with Crippen LogP contribution in [0.4, 0.5) is 0 Å². The highest BCUT2D eigenvalue weighted by molar-refractivity contribution is 4.94. The monoisotopic (exact) mass is 362 g/mol. The Morgan fingerprint density at radius 1 is 0.385 bits per heavy atom. The summed E-state index contributed by atoms with van der Waals surface area (Å²) < 4.78 is 0. The molecule has 0 spiro atoms. The van der Waals surface area contributed by atoms with Crippen molar-refractivity contribution in [3.05, 3.63) is 0 Å². The molecule has 4 rings (SSSR count). The van der Waals surface area contributed by atoms with Crippen molar-refractivity contribution in [1.29, 1.82) is 0 Å². The topological polar surface area (TPSA) is 13.0 Å². The highest BCUT2D eigenvalue weighted by Crippen LogP contribution is 2.25. The minimum absolute atomic E-state index is 0.757. The van der Waals surface area contributed by atoms with Gasteiger partial charge in [-0.1, -0.05) is 12.8 Å². The highest BCUT2D eigenvalue weighted by atomic mass is 15.3. The lowest BCUT2D eigenvalue weighted by Gasteiger charge is -2.46. The molecular formula is C22H42N4. The zero-order valence-corrected chi connectivity index (χ0v) is 17.1. The van der Waals surface area contributed by atoms with Gasteiger partial charge < -0.3 is 9.80 Å². The van der Waals surface area contributed by atoms with Crippen molar-refractivity contribution in [3.8, 4) is 0 Å². The molecule has 150 valence electrons. The summed E-state index contributed by atoms with van der Waals surface area (Å²) >= 11 is 0. The molecule has 4 saturated heterocycles. The van der Waals surface area contributed by atoms with Crippen LogP contribution in [0, 0.1) is 0 Å². The molecule has 0 aromatic heterocycles. The third-order valence-corrected chi connectivity index (χ3v) is 7.45. The molecule has 4 aliphatic heterocycles. The average molecular weight is 363 g/mol. The number of nitrogens with zero attached hydrogens (tertiary/aromatic N) is 4. The van der Waals surface area contributed by atoms with Crippen molar-refractivity contribution >= 4 is 0 Å². The van der Waals surface area contributed by atoms with Gasteiger partial charge in [-0.2, -0.15) is 0 Å². The normalized spacial score (nSPS) is 30.0. The van der Waals surface area contributed by atoms with Crippen LogP contribution in [0.2, 0.25) is 0 Å². The van der Waals surface area contributed by atoms with E-state index in [1.54, 1.807) is 0 Å². The number of piperidine rings is 2. The minimum Gasteiger partial charge on any atom is -0.302 e. The molecule has 4 fully saturated rings. The first-order valence-electron chi connectivity index (χ1n) is 11.8. The van der Waals surface area contributed by atoms with E-state index in [2.05, 4.69) is 19.6 Å². The molecule has 0 aromatic rings. The van der Waals surface area contributed by atoms with E-state index in [4.69, 9.17) is 0 Å². The van der Waals surface area contributed by atoms with Gasteiger partial charge in [0.1, 0.15) is 0 Å². The first kappa shape index (κ1) is 19.2. The molecule has 2 atom stereocenters. The summed E-state index contributed by atoms with van der Waals surface area (Å²) in [5.41, 5.74) is 0. The molecule has 4 heteroatoms. The first-order valence-corrected chi connectivity index (χ1v) is 11.8. The fourth-order valence-electron chi connectivity index (χ4n) is 5.92. The molecule has 4 nitrogen and oxygen atoms in total. The van der Waals surface area contributed by atoms with Crippen molar-refractivity contribution in [3.63, 3.8) is 0 Å². The zero-order chi connectivity index (χ0) is 17.6. The van der Waals surface area contributed by atoms with Crippen LogP contribution in [0.1, 0.15) is 64.2 Å². The third kappa shape index (κ3) is 5.01. The predicted octanol–water partition coefficient (Wildman–Crippen LogP) is 2.89. The van der Waals surface area contributed by atoms with Gasteiger partial charge in [0.15, 0.2) is 0 Å². The van der Waals surface area contributed by atoms with E-state index in [0.29, 0.717) is 0 Å². The van der Waals surface area contributed by atoms with Crippen LogP contribution in [0.15, 0.2) is 0 Å². The van der Waals surface area contributed by atoms with Gasteiger partial charge in [0.05, 0.1) is 0 Å². The summed E-state index contributed by atoms with van der Waals surface area (Å²) in [6, 6.07) is 1.52. The van der Waals surface area contributed by atoms with Gasteiger partial charge >= 0.3 is 0 Å². The fourth-order valence-corrected chi connectivity index (χ4v) is 5.92. The average Bonchev–Trinajstić information content (AvgIpc) is 3.40. The summed E-state index contributed by atoms with van der Waals surface area (Å²) in [7, 11) is 0. The van der Waals surface area contributed by atoms with Gasteiger partial charge in [0.25, 0.3) is 0 Å². The Hall–Kier alpha value is -0.160. The van der Waals surface area contributed by atoms with Gasteiger partial charge in [-0.05, 0) is 104 Å². The van der Waals surface area contributed by atoms with Crippen LogP contribution in [-0.4, -0.2) is 97.1 Å². The molecule has 4 heterocycles.